The van der Waals surface area contributed by atoms with E-state index in [1.54, 1.807) is 41.3 Å². The number of methoxy groups -OCH3 is 1. The van der Waals surface area contributed by atoms with E-state index in [4.69, 9.17) is 31.1 Å². The highest BCUT2D eigenvalue weighted by molar-refractivity contribution is 6.32. The highest BCUT2D eigenvalue weighted by Crippen LogP contribution is 2.29. The number of hydrogen-bond acceptors (Lipinski definition) is 7. The first kappa shape index (κ1) is 23.4. The van der Waals surface area contributed by atoms with Crippen molar-refractivity contribution >= 4 is 34.1 Å². The van der Waals surface area contributed by atoms with Crippen molar-refractivity contribution in [3.8, 4) is 17.6 Å². The normalized spacial score (nSPS) is 13.4. The third-order valence-electron chi connectivity index (χ3n) is 5.49. The average Bonchev–Trinajstić information content (AvgIpc) is 2.86. The Morgan fingerprint density at radius 2 is 2.03 bits per heavy atom. The zero-order valence-corrected chi connectivity index (χ0v) is 19.3. The summed E-state index contributed by atoms with van der Waals surface area (Å²) in [7, 11) is 1.49. The van der Waals surface area contributed by atoms with Crippen molar-refractivity contribution in [2.75, 3.05) is 45.3 Å². The Bertz CT molecular complexity index is 1310. The number of pyridine rings is 1. The van der Waals surface area contributed by atoms with E-state index in [0.29, 0.717) is 65.2 Å². The first-order valence-electron chi connectivity index (χ1n) is 10.6. The summed E-state index contributed by atoms with van der Waals surface area (Å²) in [4.78, 5) is 29.5. The third kappa shape index (κ3) is 5.25. The Morgan fingerprint density at radius 3 is 2.76 bits per heavy atom. The number of ether oxygens (including phenoxy) is 3. The fraction of sp³-hybridized carbons (Fsp3) is 0.292. The van der Waals surface area contributed by atoms with E-state index in [1.807, 2.05) is 0 Å². The maximum Gasteiger partial charge on any atom is 0.260 e. The smallest absolute Gasteiger partial charge is 0.260 e. The first-order valence-corrected chi connectivity index (χ1v) is 11.0. The van der Waals surface area contributed by atoms with Crippen LogP contribution >= 0.6 is 11.6 Å². The van der Waals surface area contributed by atoms with Crippen molar-refractivity contribution in [1.82, 2.24) is 9.88 Å². The molecule has 1 aromatic heterocycles. The molecule has 0 aliphatic carbocycles. The predicted octanol–water partition coefficient (Wildman–Crippen LogP) is 2.91. The maximum atomic E-state index is 12.6. The van der Waals surface area contributed by atoms with E-state index in [9.17, 15) is 9.59 Å². The van der Waals surface area contributed by atoms with Gasteiger partial charge in [-0.3, -0.25) is 9.59 Å². The van der Waals surface area contributed by atoms with Gasteiger partial charge in [0.2, 0.25) is 0 Å². The summed E-state index contributed by atoms with van der Waals surface area (Å²) in [5.41, 5.74) is 1.92. The zero-order valence-electron chi connectivity index (χ0n) is 18.5. The van der Waals surface area contributed by atoms with Crippen molar-refractivity contribution in [2.24, 2.45) is 0 Å². The number of morpholine rings is 1. The molecule has 1 amide bonds. The molecule has 176 valence electrons. The largest absolute Gasteiger partial charge is 0.495 e. The minimum atomic E-state index is -0.265. The number of hydrogen-bond donors (Lipinski definition) is 2. The van der Waals surface area contributed by atoms with Crippen LogP contribution in [0.1, 0.15) is 11.1 Å². The molecule has 34 heavy (non-hydrogen) atoms. The molecule has 1 fully saturated rings. The number of carbonyl (C=O) groups excluding carboxylic acids is 1. The molecule has 1 aliphatic heterocycles. The van der Waals surface area contributed by atoms with Crippen LogP contribution in [0.25, 0.3) is 10.9 Å². The SMILES string of the molecule is COc1cc(NCc2cc3cc(Cl)c(OCC(=O)N4CCOCC4)cc3[nH]c2=O)ccc1C#N. The van der Waals surface area contributed by atoms with Crippen LogP contribution in [0.4, 0.5) is 5.69 Å². The molecule has 0 bridgehead atoms. The van der Waals surface area contributed by atoms with E-state index in [1.165, 1.54) is 7.11 Å². The van der Waals surface area contributed by atoms with Crippen LogP contribution in [0.2, 0.25) is 5.02 Å². The molecule has 3 aromatic rings. The van der Waals surface area contributed by atoms with E-state index >= 15 is 0 Å². The van der Waals surface area contributed by atoms with Crippen LogP contribution in [-0.4, -0.2) is 55.8 Å². The number of H-pyrrole nitrogens is 1. The Balaban J connectivity index is 1.47. The number of fused-ring (bicyclic) bond motifs is 1. The molecule has 4 rings (SSSR count). The molecule has 0 saturated carbocycles. The number of halogens is 1. The van der Waals surface area contributed by atoms with Crippen molar-refractivity contribution in [2.45, 2.75) is 6.54 Å². The number of nitriles is 1. The molecule has 10 heteroatoms. The molecule has 0 radical (unpaired) electrons. The van der Waals surface area contributed by atoms with Crippen molar-refractivity contribution < 1.29 is 19.0 Å². The Hall–Kier alpha value is -3.74. The second-order valence-electron chi connectivity index (χ2n) is 7.66. The van der Waals surface area contributed by atoms with Gasteiger partial charge in [0.25, 0.3) is 11.5 Å². The molecule has 0 atom stereocenters. The van der Waals surface area contributed by atoms with Gasteiger partial charge in [0.15, 0.2) is 6.61 Å². The number of aromatic nitrogens is 1. The van der Waals surface area contributed by atoms with E-state index in [2.05, 4.69) is 16.4 Å². The van der Waals surface area contributed by atoms with Gasteiger partial charge >= 0.3 is 0 Å². The third-order valence-corrected chi connectivity index (χ3v) is 5.79. The monoisotopic (exact) mass is 482 g/mol. The number of nitrogens with one attached hydrogen (secondary N) is 2. The molecule has 1 saturated heterocycles. The zero-order chi connectivity index (χ0) is 24.1. The van der Waals surface area contributed by atoms with Gasteiger partial charge in [-0.25, -0.2) is 0 Å². The van der Waals surface area contributed by atoms with Crippen molar-refractivity contribution in [3.63, 3.8) is 0 Å². The van der Waals surface area contributed by atoms with E-state index in [-0.39, 0.29) is 24.6 Å². The summed E-state index contributed by atoms with van der Waals surface area (Å²) < 4.78 is 16.1. The first-order chi connectivity index (χ1) is 16.5. The molecule has 1 aliphatic rings. The van der Waals surface area contributed by atoms with Gasteiger partial charge in [0.1, 0.15) is 17.6 Å². The predicted molar refractivity (Wildman–Crippen MR) is 128 cm³/mol. The van der Waals surface area contributed by atoms with Crippen molar-refractivity contribution in [3.05, 3.63) is 62.9 Å². The Kier molecular flexibility index (Phi) is 7.21. The average molecular weight is 483 g/mol. The number of rotatable bonds is 7. The van der Waals surface area contributed by atoms with Gasteiger partial charge < -0.3 is 29.4 Å². The maximum absolute atomic E-state index is 12.6. The van der Waals surface area contributed by atoms with E-state index in [0.717, 1.165) is 5.39 Å². The molecular weight excluding hydrogens is 460 g/mol. The summed E-state index contributed by atoms with van der Waals surface area (Å²) in [6.45, 7) is 2.20. The van der Waals surface area contributed by atoms with Gasteiger partial charge in [-0.15, -0.1) is 0 Å². The lowest BCUT2D eigenvalue weighted by Crippen LogP contribution is -2.43. The van der Waals surface area contributed by atoms with Crippen LogP contribution in [0.15, 0.2) is 41.2 Å². The second kappa shape index (κ2) is 10.5. The number of anilines is 1. The molecule has 2 heterocycles. The van der Waals surface area contributed by atoms with Gasteiger partial charge in [-0.1, -0.05) is 11.6 Å². The van der Waals surface area contributed by atoms with Crippen LogP contribution in [0.3, 0.4) is 0 Å². The fourth-order valence-corrected chi connectivity index (χ4v) is 3.86. The highest BCUT2D eigenvalue weighted by Gasteiger charge is 2.18. The van der Waals surface area contributed by atoms with Gasteiger partial charge in [0, 0.05) is 48.4 Å². The Morgan fingerprint density at radius 1 is 1.24 bits per heavy atom. The minimum absolute atomic E-state index is 0.145. The molecule has 9 nitrogen and oxygen atoms in total. The minimum Gasteiger partial charge on any atom is -0.495 e. The molecule has 0 spiro atoms. The number of amides is 1. The Labute approximate surface area is 200 Å². The molecule has 2 N–H and O–H groups in total. The quantitative estimate of drug-likeness (QED) is 0.531. The summed E-state index contributed by atoms with van der Waals surface area (Å²) in [5.74, 6) is 0.627. The summed E-state index contributed by atoms with van der Waals surface area (Å²) >= 11 is 6.38. The summed E-state index contributed by atoms with van der Waals surface area (Å²) in [6.07, 6.45) is 0. The lowest BCUT2D eigenvalue weighted by molar-refractivity contribution is -0.137. The summed E-state index contributed by atoms with van der Waals surface area (Å²) in [6, 6.07) is 12.2. The second-order valence-corrected chi connectivity index (χ2v) is 8.06. The van der Waals surface area contributed by atoms with Crippen LogP contribution < -0.4 is 20.3 Å². The molecule has 2 aromatic carbocycles. The number of nitrogens with zero attached hydrogens (tertiary/aromatic N) is 2. The van der Waals surface area contributed by atoms with Crippen LogP contribution in [0.5, 0.6) is 11.5 Å². The van der Waals surface area contributed by atoms with Gasteiger partial charge in [-0.05, 0) is 24.3 Å². The number of aromatic amines is 1. The topological polar surface area (TPSA) is 117 Å². The lowest BCUT2D eigenvalue weighted by Gasteiger charge is -2.26. The molecule has 0 unspecified atom stereocenters. The lowest BCUT2D eigenvalue weighted by atomic mass is 10.1. The van der Waals surface area contributed by atoms with E-state index < -0.39 is 0 Å². The molecular formula is C24H23ClN4O5. The van der Waals surface area contributed by atoms with Gasteiger partial charge in [0.05, 0.1) is 36.4 Å². The van der Waals surface area contributed by atoms with Crippen LogP contribution in [-0.2, 0) is 16.1 Å². The number of carbonyl (C=O) groups is 1. The summed E-state index contributed by atoms with van der Waals surface area (Å²) in [5, 5.41) is 13.3. The van der Waals surface area contributed by atoms with Gasteiger partial charge in [-0.2, -0.15) is 5.26 Å². The number of benzene rings is 2. The highest BCUT2D eigenvalue weighted by atomic mass is 35.5. The standard InChI is InChI=1S/C24H23ClN4O5/c1-32-21-10-18(3-2-15(21)12-26)27-13-17-8-16-9-19(25)22(11-20(16)28-24(17)31)34-14-23(30)29-4-6-33-7-5-29/h2-3,8-11,27H,4-7,13-14H2,1H3,(H,28,31). The fourth-order valence-electron chi connectivity index (χ4n) is 3.63. The van der Waals surface area contributed by atoms with Crippen molar-refractivity contribution in [1.29, 1.82) is 5.26 Å². The van der Waals surface area contributed by atoms with Crippen LogP contribution in [0, 0.1) is 11.3 Å².